The first-order valence-corrected chi connectivity index (χ1v) is 10.5. The summed E-state index contributed by atoms with van der Waals surface area (Å²) in [5.41, 5.74) is 5.14. The van der Waals surface area contributed by atoms with Crippen LogP contribution in [0.3, 0.4) is 0 Å². The SMILES string of the molecule is Cc1ccc(-n2nc(C(=O)Nc3c(C)cccc3Cl)nc2-c2cccc(Cl)c2)c(C)c1. The molecule has 7 heteroatoms. The van der Waals surface area contributed by atoms with Gasteiger partial charge in [0.25, 0.3) is 5.91 Å². The molecule has 1 amide bonds. The topological polar surface area (TPSA) is 59.8 Å². The Balaban J connectivity index is 1.82. The molecule has 156 valence electrons. The van der Waals surface area contributed by atoms with E-state index in [4.69, 9.17) is 23.2 Å². The number of amides is 1. The molecule has 3 aromatic carbocycles. The van der Waals surface area contributed by atoms with Crippen molar-refractivity contribution < 1.29 is 4.79 Å². The fourth-order valence-electron chi connectivity index (χ4n) is 3.39. The number of carbonyl (C=O) groups is 1. The van der Waals surface area contributed by atoms with Crippen molar-refractivity contribution >= 4 is 34.8 Å². The number of anilines is 1. The summed E-state index contributed by atoms with van der Waals surface area (Å²) < 4.78 is 1.68. The Morgan fingerprint density at radius 2 is 1.71 bits per heavy atom. The second kappa shape index (κ2) is 8.53. The van der Waals surface area contributed by atoms with Crippen molar-refractivity contribution in [3.05, 3.63) is 93.2 Å². The summed E-state index contributed by atoms with van der Waals surface area (Å²) in [5, 5.41) is 8.41. The van der Waals surface area contributed by atoms with Crippen LogP contribution < -0.4 is 5.32 Å². The van der Waals surface area contributed by atoms with E-state index in [2.05, 4.69) is 21.5 Å². The number of hydrogen-bond acceptors (Lipinski definition) is 3. The van der Waals surface area contributed by atoms with Crippen molar-refractivity contribution in [1.82, 2.24) is 14.8 Å². The van der Waals surface area contributed by atoms with E-state index in [1.165, 1.54) is 0 Å². The van der Waals surface area contributed by atoms with E-state index >= 15 is 0 Å². The van der Waals surface area contributed by atoms with Crippen LogP contribution >= 0.6 is 23.2 Å². The van der Waals surface area contributed by atoms with Crippen molar-refractivity contribution in [2.75, 3.05) is 5.32 Å². The third-order valence-electron chi connectivity index (χ3n) is 4.93. The lowest BCUT2D eigenvalue weighted by molar-refractivity contribution is 0.101. The third kappa shape index (κ3) is 4.33. The summed E-state index contributed by atoms with van der Waals surface area (Å²) in [6, 6.07) is 18.8. The molecule has 0 bridgehead atoms. The Morgan fingerprint density at radius 3 is 2.42 bits per heavy atom. The highest BCUT2D eigenvalue weighted by Gasteiger charge is 2.21. The molecule has 0 spiro atoms. The van der Waals surface area contributed by atoms with Crippen LogP contribution in [-0.4, -0.2) is 20.7 Å². The summed E-state index contributed by atoms with van der Waals surface area (Å²) in [6.07, 6.45) is 0. The minimum absolute atomic E-state index is 0.0364. The molecule has 31 heavy (non-hydrogen) atoms. The van der Waals surface area contributed by atoms with Gasteiger partial charge in [-0.1, -0.05) is 65.2 Å². The smallest absolute Gasteiger partial charge is 0.295 e. The molecule has 0 aliphatic carbocycles. The van der Waals surface area contributed by atoms with Gasteiger partial charge in [-0.25, -0.2) is 9.67 Å². The molecule has 0 saturated heterocycles. The second-order valence-electron chi connectivity index (χ2n) is 7.36. The van der Waals surface area contributed by atoms with Gasteiger partial charge in [0, 0.05) is 10.6 Å². The van der Waals surface area contributed by atoms with E-state index in [1.807, 2.05) is 57.2 Å². The first kappa shape index (κ1) is 21.1. The van der Waals surface area contributed by atoms with Crippen molar-refractivity contribution in [3.63, 3.8) is 0 Å². The molecule has 0 atom stereocenters. The summed E-state index contributed by atoms with van der Waals surface area (Å²) in [7, 11) is 0. The summed E-state index contributed by atoms with van der Waals surface area (Å²) >= 11 is 12.5. The number of nitrogens with one attached hydrogen (secondary N) is 1. The van der Waals surface area contributed by atoms with Crippen LogP contribution in [0.1, 0.15) is 27.3 Å². The van der Waals surface area contributed by atoms with Crippen molar-refractivity contribution in [2.45, 2.75) is 20.8 Å². The highest BCUT2D eigenvalue weighted by atomic mass is 35.5. The molecule has 0 fully saturated rings. The van der Waals surface area contributed by atoms with Crippen LogP contribution in [0.15, 0.2) is 60.7 Å². The van der Waals surface area contributed by atoms with E-state index in [0.29, 0.717) is 21.6 Å². The number of rotatable bonds is 4. The molecule has 0 unspecified atom stereocenters. The zero-order valence-corrected chi connectivity index (χ0v) is 18.8. The Labute approximate surface area is 190 Å². The average Bonchev–Trinajstić information content (AvgIpc) is 3.16. The molecule has 0 aliphatic heterocycles. The van der Waals surface area contributed by atoms with Gasteiger partial charge in [-0.2, -0.15) is 0 Å². The van der Waals surface area contributed by atoms with Gasteiger partial charge in [0.05, 0.1) is 16.4 Å². The fourth-order valence-corrected chi connectivity index (χ4v) is 3.85. The quantitative estimate of drug-likeness (QED) is 0.390. The minimum Gasteiger partial charge on any atom is -0.318 e. The van der Waals surface area contributed by atoms with Crippen LogP contribution in [0.25, 0.3) is 17.1 Å². The lowest BCUT2D eigenvalue weighted by Crippen LogP contribution is -2.15. The van der Waals surface area contributed by atoms with Gasteiger partial charge < -0.3 is 5.32 Å². The molecule has 4 rings (SSSR count). The van der Waals surface area contributed by atoms with Crippen molar-refractivity contribution in [3.8, 4) is 17.1 Å². The van der Waals surface area contributed by atoms with Crippen LogP contribution in [0.5, 0.6) is 0 Å². The average molecular weight is 451 g/mol. The van der Waals surface area contributed by atoms with E-state index < -0.39 is 5.91 Å². The summed E-state index contributed by atoms with van der Waals surface area (Å²) in [4.78, 5) is 17.6. The number of benzene rings is 3. The van der Waals surface area contributed by atoms with Gasteiger partial charge in [-0.05, 0) is 56.2 Å². The molecular weight excluding hydrogens is 431 g/mol. The molecular formula is C24H20Cl2N4O. The van der Waals surface area contributed by atoms with E-state index in [-0.39, 0.29) is 5.82 Å². The zero-order valence-electron chi connectivity index (χ0n) is 17.3. The van der Waals surface area contributed by atoms with Crippen LogP contribution in [0.4, 0.5) is 5.69 Å². The number of carbonyl (C=O) groups excluding carboxylic acids is 1. The second-order valence-corrected chi connectivity index (χ2v) is 8.20. The largest absolute Gasteiger partial charge is 0.318 e. The first-order valence-electron chi connectivity index (χ1n) is 9.70. The number of hydrogen-bond donors (Lipinski definition) is 1. The molecule has 0 aliphatic rings. The van der Waals surface area contributed by atoms with E-state index in [0.717, 1.165) is 27.9 Å². The van der Waals surface area contributed by atoms with E-state index in [1.54, 1.807) is 22.9 Å². The highest BCUT2D eigenvalue weighted by Crippen LogP contribution is 2.28. The molecule has 5 nitrogen and oxygen atoms in total. The van der Waals surface area contributed by atoms with Gasteiger partial charge in [0.15, 0.2) is 5.82 Å². The Hall–Kier alpha value is -3.15. The van der Waals surface area contributed by atoms with Gasteiger partial charge in [0.1, 0.15) is 0 Å². The maximum Gasteiger partial charge on any atom is 0.295 e. The van der Waals surface area contributed by atoms with E-state index in [9.17, 15) is 4.79 Å². The molecule has 4 aromatic rings. The first-order chi connectivity index (χ1) is 14.8. The van der Waals surface area contributed by atoms with Gasteiger partial charge in [-0.15, -0.1) is 5.10 Å². The van der Waals surface area contributed by atoms with Crippen molar-refractivity contribution in [1.29, 1.82) is 0 Å². The Morgan fingerprint density at radius 1 is 0.935 bits per heavy atom. The summed E-state index contributed by atoms with van der Waals surface area (Å²) in [6.45, 7) is 5.90. The molecule has 1 aromatic heterocycles. The predicted octanol–water partition coefficient (Wildman–Crippen LogP) is 6.42. The maximum absolute atomic E-state index is 13.0. The highest BCUT2D eigenvalue weighted by molar-refractivity contribution is 6.34. The minimum atomic E-state index is -0.442. The van der Waals surface area contributed by atoms with Crippen LogP contribution in [-0.2, 0) is 0 Å². The lowest BCUT2D eigenvalue weighted by Gasteiger charge is -2.10. The molecule has 1 heterocycles. The Kier molecular flexibility index (Phi) is 5.81. The van der Waals surface area contributed by atoms with Crippen LogP contribution in [0.2, 0.25) is 10.0 Å². The zero-order chi connectivity index (χ0) is 22.1. The molecule has 0 saturated carbocycles. The number of para-hydroxylation sites is 1. The fraction of sp³-hybridized carbons (Fsp3) is 0.125. The predicted molar refractivity (Wildman–Crippen MR) is 125 cm³/mol. The number of nitrogens with zero attached hydrogens (tertiary/aromatic N) is 3. The molecule has 0 radical (unpaired) electrons. The number of aryl methyl sites for hydroxylation is 3. The Bertz CT molecular complexity index is 1280. The number of aromatic nitrogens is 3. The third-order valence-corrected chi connectivity index (χ3v) is 5.48. The van der Waals surface area contributed by atoms with Gasteiger partial charge in [0.2, 0.25) is 5.82 Å². The van der Waals surface area contributed by atoms with Crippen molar-refractivity contribution in [2.24, 2.45) is 0 Å². The lowest BCUT2D eigenvalue weighted by atomic mass is 10.1. The molecule has 1 N–H and O–H groups in total. The number of halogens is 2. The van der Waals surface area contributed by atoms with Gasteiger partial charge in [-0.3, -0.25) is 4.79 Å². The maximum atomic E-state index is 13.0. The van der Waals surface area contributed by atoms with Crippen LogP contribution in [0, 0.1) is 20.8 Å². The monoisotopic (exact) mass is 450 g/mol. The normalized spacial score (nSPS) is 10.9. The standard InChI is InChI=1S/C24H20Cl2N4O/c1-14-10-11-20(16(3)12-14)30-23(17-7-5-8-18(25)13-17)28-22(29-30)24(31)27-21-15(2)6-4-9-19(21)26/h4-13H,1-3H3,(H,27,31). The van der Waals surface area contributed by atoms with Gasteiger partial charge >= 0.3 is 0 Å². The summed E-state index contributed by atoms with van der Waals surface area (Å²) in [5.74, 6) is 0.118.